The van der Waals surface area contributed by atoms with Crippen LogP contribution in [0, 0.1) is 0 Å². The molecule has 1 aliphatic rings. The molecule has 0 saturated heterocycles. The molecule has 3 N–H and O–H groups in total. The van der Waals surface area contributed by atoms with E-state index in [2.05, 4.69) is 10.3 Å². The van der Waals surface area contributed by atoms with Crippen LogP contribution in [0.1, 0.15) is 31.7 Å². The molecule has 1 aromatic heterocycles. The molecule has 0 aliphatic heterocycles. The number of fused-ring (bicyclic) bond motifs is 3. The van der Waals surface area contributed by atoms with Gasteiger partial charge in [0, 0.05) is 5.92 Å². The molecular weight excluding hydrogens is 468 g/mol. The van der Waals surface area contributed by atoms with Crippen LogP contribution in [-0.2, 0) is 16.1 Å². The minimum absolute atomic E-state index is 0.00512. The van der Waals surface area contributed by atoms with E-state index in [0.717, 1.165) is 39.8 Å². The molecule has 34 heavy (non-hydrogen) atoms. The van der Waals surface area contributed by atoms with Crippen molar-refractivity contribution in [2.45, 2.75) is 18.4 Å². The van der Waals surface area contributed by atoms with Crippen molar-refractivity contribution in [1.82, 2.24) is 15.6 Å². The van der Waals surface area contributed by atoms with Crippen LogP contribution < -0.4 is 10.6 Å². The first-order chi connectivity index (χ1) is 16.3. The number of hydrogen-bond donors (Lipinski definition) is 3. The number of carbonyl (C=O) groups excluding carboxylic acids is 2. The van der Waals surface area contributed by atoms with Crippen molar-refractivity contribution in [3.8, 4) is 11.1 Å². The average Bonchev–Trinajstić information content (AvgIpc) is 3.43. The lowest BCUT2D eigenvalue weighted by Gasteiger charge is -2.14. The van der Waals surface area contributed by atoms with Gasteiger partial charge in [0.1, 0.15) is 16.5 Å². The quantitative estimate of drug-likeness (QED) is 0.447. The predicted octanol–water partition coefficient (Wildman–Crippen LogP) is 3.63. The van der Waals surface area contributed by atoms with Crippen molar-refractivity contribution in [2.24, 2.45) is 0 Å². The zero-order valence-electron chi connectivity index (χ0n) is 17.6. The number of carboxylic acids is 1. The molecule has 0 unspecified atom stereocenters. The summed E-state index contributed by atoms with van der Waals surface area (Å²) in [7, 11) is 0. The number of nitrogens with one attached hydrogen (secondary N) is 2. The Bertz CT molecular complexity index is 1200. The predicted molar refractivity (Wildman–Crippen MR) is 119 cm³/mol. The van der Waals surface area contributed by atoms with Gasteiger partial charge >= 0.3 is 18.0 Å². The Morgan fingerprint density at radius 1 is 1.03 bits per heavy atom. The second-order valence-corrected chi connectivity index (χ2v) is 8.60. The number of rotatable bonds is 8. The summed E-state index contributed by atoms with van der Waals surface area (Å²) < 4.78 is 31.6. The van der Waals surface area contributed by atoms with E-state index in [-0.39, 0.29) is 23.9 Å². The first kappa shape index (κ1) is 23.3. The monoisotopic (exact) mass is 487 g/mol. The normalized spacial score (nSPS) is 12.5. The van der Waals surface area contributed by atoms with Crippen LogP contribution in [0.25, 0.3) is 11.1 Å². The first-order valence-corrected chi connectivity index (χ1v) is 11.0. The number of amides is 2. The fourth-order valence-electron chi connectivity index (χ4n) is 3.65. The van der Waals surface area contributed by atoms with Crippen molar-refractivity contribution >= 4 is 29.3 Å². The van der Waals surface area contributed by atoms with Crippen LogP contribution in [-0.4, -0.2) is 47.1 Å². The minimum Gasteiger partial charge on any atom is -0.477 e. The van der Waals surface area contributed by atoms with Gasteiger partial charge in [-0.2, -0.15) is 8.78 Å². The molecule has 4 rings (SSSR count). The summed E-state index contributed by atoms with van der Waals surface area (Å²) >= 11 is 0.881. The summed E-state index contributed by atoms with van der Waals surface area (Å²) in [5.41, 5.74) is 4.39. The Hall–Kier alpha value is -3.86. The molecule has 2 amide bonds. The minimum atomic E-state index is -4.07. The van der Waals surface area contributed by atoms with Crippen molar-refractivity contribution in [2.75, 3.05) is 13.2 Å². The molecule has 3 aromatic rings. The third-order valence-corrected chi connectivity index (χ3v) is 6.28. The maximum absolute atomic E-state index is 13.1. The average molecular weight is 487 g/mol. The van der Waals surface area contributed by atoms with Gasteiger partial charge < -0.3 is 20.5 Å². The van der Waals surface area contributed by atoms with E-state index < -0.39 is 30.4 Å². The molecular formula is C23H19F2N3O5S. The molecule has 0 saturated carbocycles. The summed E-state index contributed by atoms with van der Waals surface area (Å²) in [6.07, 6.45) is 0.498. The molecule has 0 spiro atoms. The Morgan fingerprint density at radius 3 is 2.26 bits per heavy atom. The number of hydrogen-bond acceptors (Lipinski definition) is 6. The Kier molecular flexibility index (Phi) is 6.55. The lowest BCUT2D eigenvalue weighted by molar-refractivity contribution is -0.163. The van der Waals surface area contributed by atoms with Gasteiger partial charge in [-0.25, -0.2) is 14.6 Å². The fourth-order valence-corrected chi connectivity index (χ4v) is 4.42. The van der Waals surface area contributed by atoms with E-state index in [1.165, 1.54) is 0 Å². The number of alkyl carbamates (subject to hydrolysis) is 1. The smallest absolute Gasteiger partial charge is 0.407 e. The van der Waals surface area contributed by atoms with Gasteiger partial charge in [-0.1, -0.05) is 48.5 Å². The molecule has 11 heteroatoms. The number of thiazole rings is 1. The van der Waals surface area contributed by atoms with Gasteiger partial charge in [-0.05, 0) is 22.3 Å². The summed E-state index contributed by atoms with van der Waals surface area (Å²) in [5.74, 6) is -7.37. The summed E-state index contributed by atoms with van der Waals surface area (Å²) in [4.78, 5) is 38.6. The number of aromatic nitrogens is 1. The van der Waals surface area contributed by atoms with Crippen LogP contribution in [0.5, 0.6) is 0 Å². The van der Waals surface area contributed by atoms with E-state index in [0.29, 0.717) is 5.01 Å². The second kappa shape index (κ2) is 9.56. The van der Waals surface area contributed by atoms with Gasteiger partial charge in [-0.15, -0.1) is 11.3 Å². The number of aliphatic carboxylic acids is 1. The number of ether oxygens (including phenoxy) is 1. The zero-order valence-corrected chi connectivity index (χ0v) is 18.4. The molecule has 2 aromatic carbocycles. The maximum atomic E-state index is 13.1. The summed E-state index contributed by atoms with van der Waals surface area (Å²) in [6, 6.07) is 15.9. The molecule has 1 heterocycles. The number of carboxylic acid groups (broad SMARTS) is 1. The maximum Gasteiger partial charge on any atom is 0.407 e. The van der Waals surface area contributed by atoms with Crippen LogP contribution in [0.2, 0.25) is 0 Å². The van der Waals surface area contributed by atoms with Gasteiger partial charge in [-0.3, -0.25) is 4.79 Å². The third kappa shape index (κ3) is 4.88. The van der Waals surface area contributed by atoms with Crippen molar-refractivity contribution in [3.05, 3.63) is 75.7 Å². The zero-order chi connectivity index (χ0) is 24.3. The molecule has 1 aliphatic carbocycles. The second-order valence-electron chi connectivity index (χ2n) is 7.49. The molecule has 176 valence electrons. The summed E-state index contributed by atoms with van der Waals surface area (Å²) in [5, 5.41) is 13.2. The fraction of sp³-hybridized carbons (Fsp3) is 0.217. The molecule has 0 atom stereocenters. The standard InChI is InChI=1S/C23H19F2N3O5S/c24-23(25,21(30)31)12-28-20(29)18-9-26-19(34-18)10-27-22(32)33-11-17-15-7-3-1-5-13(15)14-6-2-4-8-16(14)17/h1-9,17H,10-12H2,(H,27,32)(H,28,29)(H,30,31). The highest BCUT2D eigenvalue weighted by Gasteiger charge is 2.39. The number of nitrogens with zero attached hydrogens (tertiary/aromatic N) is 1. The van der Waals surface area contributed by atoms with Crippen LogP contribution in [0.4, 0.5) is 13.6 Å². The third-order valence-electron chi connectivity index (χ3n) is 5.29. The van der Waals surface area contributed by atoms with Crippen LogP contribution in [0.3, 0.4) is 0 Å². The van der Waals surface area contributed by atoms with Gasteiger partial charge in [0.05, 0.1) is 19.3 Å². The van der Waals surface area contributed by atoms with Gasteiger partial charge in [0.25, 0.3) is 5.91 Å². The van der Waals surface area contributed by atoms with Crippen molar-refractivity contribution in [1.29, 1.82) is 0 Å². The number of alkyl halides is 2. The van der Waals surface area contributed by atoms with E-state index >= 15 is 0 Å². The van der Waals surface area contributed by atoms with E-state index in [9.17, 15) is 23.2 Å². The van der Waals surface area contributed by atoms with E-state index in [4.69, 9.17) is 9.84 Å². The molecule has 8 nitrogen and oxygen atoms in total. The van der Waals surface area contributed by atoms with Crippen molar-refractivity contribution in [3.63, 3.8) is 0 Å². The first-order valence-electron chi connectivity index (χ1n) is 10.2. The lowest BCUT2D eigenvalue weighted by atomic mass is 9.98. The van der Waals surface area contributed by atoms with Crippen LogP contribution >= 0.6 is 11.3 Å². The van der Waals surface area contributed by atoms with Crippen LogP contribution in [0.15, 0.2) is 54.7 Å². The molecule has 0 radical (unpaired) electrons. The van der Waals surface area contributed by atoms with Gasteiger partial charge in [0.2, 0.25) is 0 Å². The summed E-state index contributed by atoms with van der Waals surface area (Å²) in [6.45, 7) is -1.23. The highest BCUT2D eigenvalue weighted by Crippen LogP contribution is 2.44. The number of benzene rings is 2. The molecule has 0 bridgehead atoms. The highest BCUT2D eigenvalue weighted by atomic mass is 32.1. The number of halogens is 2. The van der Waals surface area contributed by atoms with Crippen molar-refractivity contribution < 1.29 is 33.0 Å². The molecule has 0 fully saturated rings. The Balaban J connectivity index is 1.29. The highest BCUT2D eigenvalue weighted by molar-refractivity contribution is 7.13. The Labute approximate surface area is 196 Å². The number of carbonyl (C=O) groups is 3. The lowest BCUT2D eigenvalue weighted by Crippen LogP contribution is -2.41. The SMILES string of the molecule is O=C(NCc1ncc(C(=O)NCC(F)(F)C(=O)O)s1)OCC1c2ccccc2-c2ccccc21. The largest absolute Gasteiger partial charge is 0.477 e. The van der Waals surface area contributed by atoms with E-state index in [1.807, 2.05) is 53.8 Å². The topological polar surface area (TPSA) is 118 Å². The van der Waals surface area contributed by atoms with E-state index in [1.54, 1.807) is 0 Å². The Morgan fingerprint density at radius 2 is 1.65 bits per heavy atom. The van der Waals surface area contributed by atoms with Gasteiger partial charge in [0.15, 0.2) is 0 Å².